The maximum absolute atomic E-state index is 12.4. The fraction of sp³-hybridized carbons (Fsp3) is 0.286. The second kappa shape index (κ2) is 6.66. The van der Waals surface area contributed by atoms with Crippen molar-refractivity contribution in [2.75, 3.05) is 11.3 Å². The molecule has 0 bridgehead atoms. The van der Waals surface area contributed by atoms with Crippen LogP contribution in [0.1, 0.15) is 18.1 Å². The van der Waals surface area contributed by atoms with Gasteiger partial charge in [0.2, 0.25) is 0 Å². The molecule has 2 aromatic rings. The van der Waals surface area contributed by atoms with E-state index in [1.54, 1.807) is 18.2 Å². The zero-order valence-corrected chi connectivity index (χ0v) is 13.5. The molecule has 3 rings (SSSR count). The Bertz CT molecular complexity index is 761. The molecule has 1 aliphatic heterocycles. The Morgan fingerprint density at radius 1 is 1.29 bits per heavy atom. The molecule has 2 heterocycles. The number of fused-ring (bicyclic) bond motifs is 1. The van der Waals surface area contributed by atoms with Crippen LogP contribution in [0.4, 0.5) is 19.0 Å². The molecule has 0 amide bonds. The van der Waals surface area contributed by atoms with Crippen molar-refractivity contribution in [1.82, 2.24) is 10.2 Å². The molecule has 0 saturated carbocycles. The number of rotatable bonds is 3. The first kappa shape index (κ1) is 17.1. The van der Waals surface area contributed by atoms with Crippen molar-refractivity contribution < 1.29 is 23.0 Å². The van der Waals surface area contributed by atoms with Crippen LogP contribution in [-0.2, 0) is 0 Å². The van der Waals surface area contributed by atoms with E-state index in [4.69, 9.17) is 16.3 Å². The highest BCUT2D eigenvalue weighted by atomic mass is 35.5. The Morgan fingerprint density at radius 3 is 2.83 bits per heavy atom. The Balaban J connectivity index is 1.98. The van der Waals surface area contributed by atoms with Crippen LogP contribution in [0.15, 0.2) is 24.3 Å². The Morgan fingerprint density at radius 2 is 2.08 bits per heavy atom. The molecule has 0 radical (unpaired) electrons. The predicted molar refractivity (Wildman–Crippen MR) is 84.8 cm³/mol. The fourth-order valence-electron chi connectivity index (χ4n) is 2.31. The summed E-state index contributed by atoms with van der Waals surface area (Å²) < 4.78 is 44.8. The van der Waals surface area contributed by atoms with E-state index in [1.807, 2.05) is 0 Å². The van der Waals surface area contributed by atoms with Crippen LogP contribution >= 0.6 is 23.5 Å². The zero-order chi connectivity index (χ0) is 17.3. The summed E-state index contributed by atoms with van der Waals surface area (Å²) in [6.45, 7) is 0.363. The fourth-order valence-corrected chi connectivity index (χ4v) is 2.82. The predicted octanol–water partition coefficient (Wildman–Crippen LogP) is 4.19. The third-order valence-corrected chi connectivity index (χ3v) is 4.07. The number of nitrogens with one attached hydrogen (secondary N) is 1. The van der Waals surface area contributed by atoms with Crippen molar-refractivity contribution in [3.63, 3.8) is 0 Å². The Labute approximate surface area is 144 Å². The SMILES string of the molecule is O[C@H]1CCOc2cc(-c3cc(Cl)nnc3NSC(F)(F)F)ccc21. The first-order valence-corrected chi connectivity index (χ1v) is 8.02. The summed E-state index contributed by atoms with van der Waals surface area (Å²) in [6, 6.07) is 6.38. The second-order valence-corrected chi connectivity index (χ2v) is 6.24. The van der Waals surface area contributed by atoms with Crippen LogP contribution in [0, 0.1) is 0 Å². The van der Waals surface area contributed by atoms with Gasteiger partial charge in [-0.25, -0.2) is 0 Å². The Kier molecular flexibility index (Phi) is 4.75. The molecule has 0 fully saturated rings. The summed E-state index contributed by atoms with van der Waals surface area (Å²) >= 11 is 5.39. The van der Waals surface area contributed by atoms with Crippen molar-refractivity contribution in [1.29, 1.82) is 0 Å². The second-order valence-electron chi connectivity index (χ2n) is 4.98. The lowest BCUT2D eigenvalue weighted by Crippen LogP contribution is -2.13. The maximum Gasteiger partial charge on any atom is 0.461 e. The highest BCUT2D eigenvalue weighted by Gasteiger charge is 2.30. The molecule has 2 N–H and O–H groups in total. The lowest BCUT2D eigenvalue weighted by Gasteiger charge is -2.23. The summed E-state index contributed by atoms with van der Waals surface area (Å²) in [5.74, 6) is 0.409. The van der Waals surface area contributed by atoms with Crippen molar-refractivity contribution in [2.45, 2.75) is 18.0 Å². The van der Waals surface area contributed by atoms with Gasteiger partial charge in [0.15, 0.2) is 11.0 Å². The van der Waals surface area contributed by atoms with E-state index in [0.29, 0.717) is 35.5 Å². The number of hydrogen-bond donors (Lipinski definition) is 2. The van der Waals surface area contributed by atoms with Gasteiger partial charge in [0, 0.05) is 17.5 Å². The molecule has 0 spiro atoms. The number of nitrogens with zero attached hydrogens (tertiary/aromatic N) is 2. The van der Waals surface area contributed by atoms with Crippen LogP contribution in [-0.4, -0.2) is 27.4 Å². The lowest BCUT2D eigenvalue weighted by atomic mass is 9.98. The number of aliphatic hydroxyl groups is 1. The van der Waals surface area contributed by atoms with Gasteiger partial charge < -0.3 is 14.6 Å². The van der Waals surface area contributed by atoms with Crippen molar-refractivity contribution in [2.24, 2.45) is 0 Å². The third-order valence-electron chi connectivity index (χ3n) is 3.36. The average molecular weight is 378 g/mol. The normalized spacial score (nSPS) is 17.1. The first-order valence-electron chi connectivity index (χ1n) is 6.82. The number of ether oxygens (including phenoxy) is 1. The number of hydrogen-bond acceptors (Lipinski definition) is 6. The summed E-state index contributed by atoms with van der Waals surface area (Å²) in [4.78, 5) is 0. The van der Waals surface area contributed by atoms with Gasteiger partial charge in [0.25, 0.3) is 0 Å². The van der Waals surface area contributed by atoms with Gasteiger partial charge >= 0.3 is 5.51 Å². The smallest absolute Gasteiger partial charge is 0.461 e. The van der Waals surface area contributed by atoms with E-state index in [2.05, 4.69) is 14.9 Å². The quantitative estimate of drug-likeness (QED) is 0.782. The van der Waals surface area contributed by atoms with Gasteiger partial charge in [-0.2, -0.15) is 13.2 Å². The van der Waals surface area contributed by atoms with Crippen LogP contribution < -0.4 is 9.46 Å². The number of alkyl halides is 3. The monoisotopic (exact) mass is 377 g/mol. The molecule has 0 saturated heterocycles. The first-order chi connectivity index (χ1) is 11.3. The van der Waals surface area contributed by atoms with Crippen LogP contribution in [0.2, 0.25) is 5.15 Å². The zero-order valence-electron chi connectivity index (χ0n) is 12.0. The van der Waals surface area contributed by atoms with Gasteiger partial charge in [-0.3, -0.25) is 0 Å². The molecule has 1 aliphatic rings. The molecular formula is C14H11ClF3N3O2S. The highest BCUT2D eigenvalue weighted by Crippen LogP contribution is 2.39. The molecule has 1 aromatic carbocycles. The maximum atomic E-state index is 12.4. The molecular weight excluding hydrogens is 367 g/mol. The number of benzene rings is 1. The molecule has 1 aromatic heterocycles. The van der Waals surface area contributed by atoms with Crippen molar-refractivity contribution in [3.8, 4) is 16.9 Å². The molecule has 24 heavy (non-hydrogen) atoms. The standard InChI is InChI=1S/C14H11ClF3N3O2S/c15-12-6-9(13(20-19-12)21-24-14(16,17)18)7-1-2-8-10(22)3-4-23-11(8)5-7/h1-2,5-6,10,22H,3-4H2,(H,20,21)/t10-/m0/s1. The number of aliphatic hydroxyl groups excluding tert-OH is 1. The largest absolute Gasteiger partial charge is 0.493 e. The lowest BCUT2D eigenvalue weighted by molar-refractivity contribution is -0.0323. The van der Waals surface area contributed by atoms with E-state index in [-0.39, 0.29) is 11.0 Å². The summed E-state index contributed by atoms with van der Waals surface area (Å²) in [5.41, 5.74) is -2.94. The average Bonchev–Trinajstić information content (AvgIpc) is 2.53. The molecule has 0 aliphatic carbocycles. The van der Waals surface area contributed by atoms with Gasteiger partial charge in [-0.05, 0) is 17.7 Å². The topological polar surface area (TPSA) is 67.3 Å². The van der Waals surface area contributed by atoms with Crippen molar-refractivity contribution in [3.05, 3.63) is 35.0 Å². The molecule has 5 nitrogen and oxygen atoms in total. The van der Waals surface area contributed by atoms with E-state index < -0.39 is 23.6 Å². The molecule has 128 valence electrons. The number of anilines is 1. The van der Waals surface area contributed by atoms with Gasteiger partial charge in [0.05, 0.1) is 24.7 Å². The summed E-state index contributed by atoms with van der Waals surface area (Å²) in [6.07, 6.45) is -0.135. The van der Waals surface area contributed by atoms with E-state index in [1.165, 1.54) is 6.07 Å². The van der Waals surface area contributed by atoms with Crippen LogP contribution in [0.25, 0.3) is 11.1 Å². The van der Waals surface area contributed by atoms with E-state index in [9.17, 15) is 18.3 Å². The van der Waals surface area contributed by atoms with Crippen LogP contribution in [0.3, 0.4) is 0 Å². The molecule has 1 atom stereocenters. The van der Waals surface area contributed by atoms with Gasteiger partial charge in [0.1, 0.15) is 5.75 Å². The Hall–Kier alpha value is -1.71. The van der Waals surface area contributed by atoms with Crippen LogP contribution in [0.5, 0.6) is 5.75 Å². The molecule has 0 unspecified atom stereocenters. The highest BCUT2D eigenvalue weighted by molar-refractivity contribution is 8.01. The number of halogens is 4. The van der Waals surface area contributed by atoms with Crippen molar-refractivity contribution >= 4 is 29.4 Å². The minimum atomic E-state index is -4.47. The van der Waals surface area contributed by atoms with E-state index in [0.717, 1.165) is 0 Å². The number of aromatic nitrogens is 2. The minimum Gasteiger partial charge on any atom is -0.493 e. The minimum absolute atomic E-state index is 0.0474. The molecule has 10 heteroatoms. The van der Waals surface area contributed by atoms with E-state index >= 15 is 0 Å². The third kappa shape index (κ3) is 3.85. The van der Waals surface area contributed by atoms with Gasteiger partial charge in [-0.1, -0.05) is 23.7 Å². The van der Waals surface area contributed by atoms with Gasteiger partial charge in [-0.15, -0.1) is 10.2 Å². The summed E-state index contributed by atoms with van der Waals surface area (Å²) in [5, 5.41) is 17.2. The summed E-state index contributed by atoms with van der Waals surface area (Å²) in [7, 11) is 0.